The molecule has 0 amide bonds. The molecule has 3 aromatic carbocycles. The van der Waals surface area contributed by atoms with Crippen LogP contribution in [0.3, 0.4) is 0 Å². The number of carboxylic acids is 1. The van der Waals surface area contributed by atoms with Crippen molar-refractivity contribution in [2.75, 3.05) is 19.7 Å². The summed E-state index contributed by atoms with van der Waals surface area (Å²) in [6.07, 6.45) is 4.47. The van der Waals surface area contributed by atoms with E-state index in [-0.39, 0.29) is 5.92 Å². The second-order valence-corrected chi connectivity index (χ2v) is 8.57. The molecule has 1 saturated heterocycles. The summed E-state index contributed by atoms with van der Waals surface area (Å²) in [5, 5.41) is 9.10. The number of benzene rings is 3. The van der Waals surface area contributed by atoms with Gasteiger partial charge in [-0.1, -0.05) is 66.7 Å². The average Bonchev–Trinajstić information content (AvgIpc) is 2.80. The lowest BCUT2D eigenvalue weighted by atomic mass is 9.97. The van der Waals surface area contributed by atoms with Crippen LogP contribution in [0.25, 0.3) is 11.1 Å². The zero-order chi connectivity index (χ0) is 22.2. The summed E-state index contributed by atoms with van der Waals surface area (Å²) in [6.45, 7) is 2.72. The minimum atomic E-state index is -0.696. The first-order valence-corrected chi connectivity index (χ1v) is 11.5. The number of likely N-dealkylation sites (tertiary alicyclic amines) is 1. The number of carbonyl (C=O) groups is 1. The first-order valence-electron chi connectivity index (χ1n) is 11.5. The fourth-order valence-electron chi connectivity index (χ4n) is 4.19. The van der Waals surface area contributed by atoms with Crippen LogP contribution in [0.5, 0.6) is 5.75 Å². The summed E-state index contributed by atoms with van der Waals surface area (Å²) in [5.41, 5.74) is 4.82. The molecule has 166 valence electrons. The molecule has 0 aromatic heterocycles. The molecule has 1 N–H and O–H groups in total. The van der Waals surface area contributed by atoms with Crippen molar-refractivity contribution in [2.45, 2.75) is 32.2 Å². The maximum absolute atomic E-state index is 11.1. The molecule has 1 aliphatic rings. The first kappa shape index (κ1) is 22.1. The maximum Gasteiger partial charge on any atom is 0.309 e. The first-order chi connectivity index (χ1) is 15.7. The summed E-state index contributed by atoms with van der Waals surface area (Å²) in [6, 6.07) is 27.3. The summed E-state index contributed by atoms with van der Waals surface area (Å²) in [5.74, 6) is -0.0122. The minimum Gasteiger partial charge on any atom is -0.493 e. The van der Waals surface area contributed by atoms with E-state index in [0.29, 0.717) is 19.7 Å². The SMILES string of the molecule is O=C(O)C1CN(Cc2ccc(OCCCCCc3ccccc3)c(-c3ccccc3)c2)C1. The number of hydrogen-bond acceptors (Lipinski definition) is 3. The standard InChI is InChI=1S/C28H31NO3/c30-28(31)25-20-29(21-25)19-23-15-16-27(26(18-23)24-13-7-2-8-14-24)32-17-9-3-6-12-22-10-4-1-5-11-22/h1-2,4-5,7-8,10-11,13-16,18,25H,3,6,9,12,17,19-21H2,(H,30,31). The molecule has 0 bridgehead atoms. The van der Waals surface area contributed by atoms with Crippen LogP contribution in [0.1, 0.15) is 30.4 Å². The quantitative estimate of drug-likeness (QED) is 0.400. The van der Waals surface area contributed by atoms with Crippen LogP contribution >= 0.6 is 0 Å². The molecule has 1 heterocycles. The van der Waals surface area contributed by atoms with E-state index < -0.39 is 5.97 Å². The average molecular weight is 430 g/mol. The van der Waals surface area contributed by atoms with E-state index in [1.54, 1.807) is 0 Å². The highest BCUT2D eigenvalue weighted by Crippen LogP contribution is 2.32. The van der Waals surface area contributed by atoms with E-state index >= 15 is 0 Å². The Kier molecular flexibility index (Phi) is 7.57. The Morgan fingerprint density at radius 2 is 1.59 bits per heavy atom. The third-order valence-electron chi connectivity index (χ3n) is 6.05. The van der Waals surface area contributed by atoms with Crippen molar-refractivity contribution in [2.24, 2.45) is 5.92 Å². The molecule has 1 aliphatic heterocycles. The number of nitrogens with zero attached hydrogens (tertiary/aromatic N) is 1. The van der Waals surface area contributed by atoms with Crippen LogP contribution in [0.15, 0.2) is 78.9 Å². The van der Waals surface area contributed by atoms with Crippen LogP contribution in [0.2, 0.25) is 0 Å². The zero-order valence-corrected chi connectivity index (χ0v) is 18.5. The fraction of sp³-hybridized carbons (Fsp3) is 0.321. The second-order valence-electron chi connectivity index (χ2n) is 8.57. The molecule has 32 heavy (non-hydrogen) atoms. The van der Waals surface area contributed by atoms with Gasteiger partial charge < -0.3 is 9.84 Å². The van der Waals surface area contributed by atoms with Gasteiger partial charge in [-0.05, 0) is 54.5 Å². The maximum atomic E-state index is 11.1. The fourth-order valence-corrected chi connectivity index (χ4v) is 4.19. The van der Waals surface area contributed by atoms with Gasteiger partial charge in [-0.25, -0.2) is 0 Å². The van der Waals surface area contributed by atoms with Crippen LogP contribution in [0.4, 0.5) is 0 Å². The summed E-state index contributed by atoms with van der Waals surface area (Å²) in [7, 11) is 0. The Bertz CT molecular complexity index is 998. The Balaban J connectivity index is 1.33. The monoisotopic (exact) mass is 429 g/mol. The predicted octanol–water partition coefficient (Wildman–Crippen LogP) is 5.66. The van der Waals surface area contributed by atoms with Gasteiger partial charge in [0.15, 0.2) is 0 Å². The second kappa shape index (κ2) is 11.0. The number of hydrogen-bond donors (Lipinski definition) is 1. The van der Waals surface area contributed by atoms with Crippen molar-refractivity contribution in [1.29, 1.82) is 0 Å². The molecule has 0 spiro atoms. The third-order valence-corrected chi connectivity index (χ3v) is 6.05. The number of rotatable bonds is 11. The lowest BCUT2D eigenvalue weighted by Crippen LogP contribution is -2.49. The predicted molar refractivity (Wildman–Crippen MR) is 128 cm³/mol. The van der Waals surface area contributed by atoms with Gasteiger partial charge in [0.2, 0.25) is 0 Å². The Labute approximate surface area is 190 Å². The molecular formula is C28H31NO3. The molecule has 4 heteroatoms. The minimum absolute atomic E-state index is 0.229. The van der Waals surface area contributed by atoms with Gasteiger partial charge in [0.25, 0.3) is 0 Å². The van der Waals surface area contributed by atoms with Crippen molar-refractivity contribution in [3.63, 3.8) is 0 Å². The van der Waals surface area contributed by atoms with E-state index in [0.717, 1.165) is 42.7 Å². The van der Waals surface area contributed by atoms with Crippen molar-refractivity contribution in [1.82, 2.24) is 4.90 Å². The molecule has 0 atom stereocenters. The number of unbranched alkanes of at least 4 members (excludes halogenated alkanes) is 2. The molecule has 4 nitrogen and oxygen atoms in total. The van der Waals surface area contributed by atoms with E-state index in [1.807, 2.05) is 18.2 Å². The smallest absolute Gasteiger partial charge is 0.309 e. The number of aliphatic carboxylic acids is 1. The van der Waals surface area contributed by atoms with E-state index in [9.17, 15) is 4.79 Å². The van der Waals surface area contributed by atoms with Crippen molar-refractivity contribution < 1.29 is 14.6 Å². The highest BCUT2D eigenvalue weighted by Gasteiger charge is 2.32. The highest BCUT2D eigenvalue weighted by molar-refractivity contribution is 5.72. The normalized spacial score (nSPS) is 14.1. The van der Waals surface area contributed by atoms with Gasteiger partial charge in [-0.15, -0.1) is 0 Å². The summed E-state index contributed by atoms with van der Waals surface area (Å²) >= 11 is 0. The topological polar surface area (TPSA) is 49.8 Å². The Morgan fingerprint density at radius 1 is 0.875 bits per heavy atom. The van der Waals surface area contributed by atoms with Crippen LogP contribution < -0.4 is 4.74 Å². The van der Waals surface area contributed by atoms with E-state index in [4.69, 9.17) is 9.84 Å². The molecule has 1 fully saturated rings. The lowest BCUT2D eigenvalue weighted by Gasteiger charge is -2.36. The largest absolute Gasteiger partial charge is 0.493 e. The lowest BCUT2D eigenvalue weighted by molar-refractivity contribution is -0.147. The van der Waals surface area contributed by atoms with Gasteiger partial charge in [0.1, 0.15) is 5.75 Å². The third kappa shape index (κ3) is 5.98. The number of carboxylic acid groups (broad SMARTS) is 1. The number of aryl methyl sites for hydroxylation is 1. The van der Waals surface area contributed by atoms with Crippen molar-refractivity contribution in [3.8, 4) is 16.9 Å². The van der Waals surface area contributed by atoms with Gasteiger partial charge in [0.05, 0.1) is 12.5 Å². The van der Waals surface area contributed by atoms with Gasteiger partial charge in [-0.2, -0.15) is 0 Å². The van der Waals surface area contributed by atoms with Crippen LogP contribution in [-0.4, -0.2) is 35.7 Å². The van der Waals surface area contributed by atoms with Crippen LogP contribution in [-0.2, 0) is 17.8 Å². The number of ether oxygens (including phenoxy) is 1. The Hall–Kier alpha value is -3.11. The Morgan fingerprint density at radius 3 is 2.31 bits per heavy atom. The van der Waals surface area contributed by atoms with Gasteiger partial charge in [0, 0.05) is 25.2 Å². The van der Waals surface area contributed by atoms with Crippen LogP contribution in [0, 0.1) is 5.92 Å². The molecule has 3 aromatic rings. The molecule has 0 aliphatic carbocycles. The van der Waals surface area contributed by atoms with Crippen molar-refractivity contribution in [3.05, 3.63) is 90.0 Å². The van der Waals surface area contributed by atoms with Gasteiger partial charge >= 0.3 is 5.97 Å². The van der Waals surface area contributed by atoms with Gasteiger partial charge in [-0.3, -0.25) is 9.69 Å². The molecule has 0 radical (unpaired) electrons. The molecule has 4 rings (SSSR count). The van der Waals surface area contributed by atoms with E-state index in [2.05, 4.69) is 65.6 Å². The zero-order valence-electron chi connectivity index (χ0n) is 18.5. The van der Waals surface area contributed by atoms with E-state index in [1.165, 1.54) is 17.5 Å². The van der Waals surface area contributed by atoms with Crippen molar-refractivity contribution >= 4 is 5.97 Å². The molecular weight excluding hydrogens is 398 g/mol. The molecule has 0 saturated carbocycles. The summed E-state index contributed by atoms with van der Waals surface area (Å²) < 4.78 is 6.20. The highest BCUT2D eigenvalue weighted by atomic mass is 16.5. The molecule has 0 unspecified atom stereocenters. The summed E-state index contributed by atoms with van der Waals surface area (Å²) in [4.78, 5) is 13.2.